The van der Waals surface area contributed by atoms with E-state index in [0.29, 0.717) is 6.04 Å². The normalized spacial score (nSPS) is 20.2. The van der Waals surface area contributed by atoms with Crippen molar-refractivity contribution in [2.24, 2.45) is 0 Å². The number of hydrogen-bond acceptors (Lipinski definition) is 2. The van der Waals surface area contributed by atoms with Crippen molar-refractivity contribution in [1.29, 1.82) is 0 Å². The molecule has 2 heteroatoms. The molecule has 0 spiro atoms. The summed E-state index contributed by atoms with van der Waals surface area (Å²) in [4.78, 5) is 2.41. The molecule has 2 nitrogen and oxygen atoms in total. The van der Waals surface area contributed by atoms with Crippen LogP contribution in [0.4, 0.5) is 0 Å². The van der Waals surface area contributed by atoms with Gasteiger partial charge in [-0.25, -0.2) is 0 Å². The van der Waals surface area contributed by atoms with Gasteiger partial charge in [0.05, 0.1) is 12.5 Å². The maximum atomic E-state index is 5.21. The Labute approximate surface area is 102 Å². The van der Waals surface area contributed by atoms with Crippen LogP contribution in [0.5, 0.6) is 0 Å². The molecule has 88 valence electrons. The van der Waals surface area contributed by atoms with Crippen LogP contribution in [0.1, 0.15) is 24.1 Å². The second kappa shape index (κ2) is 4.04. The van der Waals surface area contributed by atoms with Crippen molar-refractivity contribution in [3.05, 3.63) is 47.9 Å². The highest BCUT2D eigenvalue weighted by Crippen LogP contribution is 2.36. The zero-order valence-corrected chi connectivity index (χ0v) is 10.3. The molecule has 1 aromatic heterocycles. The lowest BCUT2D eigenvalue weighted by Gasteiger charge is -2.33. The number of hydrogen-bond donors (Lipinski definition) is 0. The molecule has 1 atom stereocenters. The SMILES string of the molecule is CC1c2c(cccc2-c2ccoc2)CCN1C. The summed E-state index contributed by atoms with van der Waals surface area (Å²) in [5.41, 5.74) is 5.44. The van der Waals surface area contributed by atoms with E-state index in [-0.39, 0.29) is 0 Å². The molecule has 2 aromatic rings. The number of furan rings is 1. The molecule has 17 heavy (non-hydrogen) atoms. The van der Waals surface area contributed by atoms with E-state index in [1.165, 1.54) is 22.3 Å². The van der Waals surface area contributed by atoms with Gasteiger partial charge in [0, 0.05) is 18.2 Å². The quantitative estimate of drug-likeness (QED) is 0.741. The molecule has 3 rings (SSSR count). The van der Waals surface area contributed by atoms with Crippen molar-refractivity contribution in [2.45, 2.75) is 19.4 Å². The van der Waals surface area contributed by atoms with Crippen molar-refractivity contribution < 1.29 is 4.42 Å². The molecule has 0 saturated carbocycles. The Morgan fingerprint density at radius 3 is 2.94 bits per heavy atom. The highest BCUT2D eigenvalue weighted by atomic mass is 16.3. The van der Waals surface area contributed by atoms with Gasteiger partial charge in [0.2, 0.25) is 0 Å². The molecule has 0 N–H and O–H groups in total. The van der Waals surface area contributed by atoms with Crippen LogP contribution in [0.25, 0.3) is 11.1 Å². The van der Waals surface area contributed by atoms with Crippen molar-refractivity contribution >= 4 is 0 Å². The van der Waals surface area contributed by atoms with Crippen LogP contribution in [0.2, 0.25) is 0 Å². The van der Waals surface area contributed by atoms with E-state index in [2.05, 4.69) is 37.1 Å². The molecule has 1 aliphatic heterocycles. The molecule has 2 heterocycles. The molecule has 0 bridgehead atoms. The predicted octanol–water partition coefficient (Wildman–Crippen LogP) is 3.50. The molecule has 0 amide bonds. The summed E-state index contributed by atoms with van der Waals surface area (Å²) in [6.45, 7) is 3.42. The largest absolute Gasteiger partial charge is 0.472 e. The highest BCUT2D eigenvalue weighted by molar-refractivity contribution is 5.69. The Morgan fingerprint density at radius 1 is 1.29 bits per heavy atom. The third-order valence-corrected chi connectivity index (χ3v) is 3.84. The maximum Gasteiger partial charge on any atom is 0.0981 e. The minimum atomic E-state index is 0.477. The second-order valence-corrected chi connectivity index (χ2v) is 4.80. The number of nitrogens with zero attached hydrogens (tertiary/aromatic N) is 1. The molecule has 1 unspecified atom stereocenters. The predicted molar refractivity (Wildman–Crippen MR) is 68.9 cm³/mol. The second-order valence-electron chi connectivity index (χ2n) is 4.80. The van der Waals surface area contributed by atoms with Gasteiger partial charge in [-0.2, -0.15) is 0 Å². The Balaban J connectivity index is 2.18. The van der Waals surface area contributed by atoms with Gasteiger partial charge in [0.1, 0.15) is 0 Å². The third-order valence-electron chi connectivity index (χ3n) is 3.84. The van der Waals surface area contributed by atoms with Crippen LogP contribution in [0.3, 0.4) is 0 Å². The van der Waals surface area contributed by atoms with Crippen molar-refractivity contribution in [2.75, 3.05) is 13.6 Å². The molecule has 0 saturated heterocycles. The number of likely N-dealkylation sites (N-methyl/N-ethyl adjacent to an activating group) is 1. The van der Waals surface area contributed by atoms with Gasteiger partial charge in [-0.3, -0.25) is 4.90 Å². The molecular formula is C15H17NO. The number of benzene rings is 1. The zero-order valence-electron chi connectivity index (χ0n) is 10.3. The van der Waals surface area contributed by atoms with Gasteiger partial charge in [0.25, 0.3) is 0 Å². The fourth-order valence-corrected chi connectivity index (χ4v) is 2.70. The lowest BCUT2D eigenvalue weighted by molar-refractivity contribution is 0.248. The molecule has 1 aliphatic rings. The van der Waals surface area contributed by atoms with Gasteiger partial charge >= 0.3 is 0 Å². The lowest BCUT2D eigenvalue weighted by atomic mass is 9.87. The molecule has 1 aromatic carbocycles. The van der Waals surface area contributed by atoms with E-state index < -0.39 is 0 Å². The van der Waals surface area contributed by atoms with Crippen molar-refractivity contribution in [3.63, 3.8) is 0 Å². The summed E-state index contributed by atoms with van der Waals surface area (Å²) in [6, 6.07) is 9.11. The van der Waals surface area contributed by atoms with Crippen LogP contribution < -0.4 is 0 Å². The first-order valence-corrected chi connectivity index (χ1v) is 6.12. The van der Waals surface area contributed by atoms with E-state index in [1.807, 2.05) is 12.3 Å². The van der Waals surface area contributed by atoms with Gasteiger partial charge < -0.3 is 4.42 Å². The summed E-state index contributed by atoms with van der Waals surface area (Å²) in [7, 11) is 2.19. The van der Waals surface area contributed by atoms with Gasteiger partial charge in [-0.05, 0) is 43.1 Å². The topological polar surface area (TPSA) is 16.4 Å². The zero-order chi connectivity index (χ0) is 11.8. The fraction of sp³-hybridized carbons (Fsp3) is 0.333. The smallest absolute Gasteiger partial charge is 0.0981 e. The average molecular weight is 227 g/mol. The summed E-state index contributed by atoms with van der Waals surface area (Å²) < 4.78 is 5.21. The Hall–Kier alpha value is -1.54. The molecule has 0 radical (unpaired) electrons. The van der Waals surface area contributed by atoms with Crippen LogP contribution in [-0.2, 0) is 6.42 Å². The fourth-order valence-electron chi connectivity index (χ4n) is 2.70. The van der Waals surface area contributed by atoms with E-state index in [1.54, 1.807) is 6.26 Å². The van der Waals surface area contributed by atoms with Crippen LogP contribution in [0, 0.1) is 0 Å². The molecule has 0 aliphatic carbocycles. The van der Waals surface area contributed by atoms with Crippen molar-refractivity contribution in [3.8, 4) is 11.1 Å². The van der Waals surface area contributed by atoms with E-state index in [9.17, 15) is 0 Å². The van der Waals surface area contributed by atoms with E-state index in [4.69, 9.17) is 4.42 Å². The number of rotatable bonds is 1. The van der Waals surface area contributed by atoms with E-state index >= 15 is 0 Å². The highest BCUT2D eigenvalue weighted by Gasteiger charge is 2.23. The van der Waals surface area contributed by atoms with Crippen molar-refractivity contribution in [1.82, 2.24) is 4.90 Å². The summed E-state index contributed by atoms with van der Waals surface area (Å²) in [5.74, 6) is 0. The first kappa shape index (κ1) is 10.6. The van der Waals surface area contributed by atoms with Crippen LogP contribution in [0.15, 0.2) is 41.2 Å². The lowest BCUT2D eigenvalue weighted by Crippen LogP contribution is -2.30. The summed E-state index contributed by atoms with van der Waals surface area (Å²) in [5, 5.41) is 0. The van der Waals surface area contributed by atoms with Gasteiger partial charge in [0.15, 0.2) is 0 Å². The molecule has 0 fully saturated rings. The van der Waals surface area contributed by atoms with E-state index in [0.717, 1.165) is 13.0 Å². The Kier molecular flexibility index (Phi) is 2.52. The third kappa shape index (κ3) is 1.69. The summed E-state index contributed by atoms with van der Waals surface area (Å²) in [6.07, 6.45) is 4.71. The first-order chi connectivity index (χ1) is 8.27. The van der Waals surface area contributed by atoms with Crippen LogP contribution in [-0.4, -0.2) is 18.5 Å². The maximum absolute atomic E-state index is 5.21. The van der Waals surface area contributed by atoms with Crippen LogP contribution >= 0.6 is 0 Å². The first-order valence-electron chi connectivity index (χ1n) is 6.12. The molecular weight excluding hydrogens is 210 g/mol. The number of fused-ring (bicyclic) bond motifs is 1. The monoisotopic (exact) mass is 227 g/mol. The Bertz CT molecular complexity index is 516. The summed E-state index contributed by atoms with van der Waals surface area (Å²) >= 11 is 0. The Morgan fingerprint density at radius 2 is 2.18 bits per heavy atom. The van der Waals surface area contributed by atoms with Gasteiger partial charge in [-0.15, -0.1) is 0 Å². The van der Waals surface area contributed by atoms with Gasteiger partial charge in [-0.1, -0.05) is 18.2 Å². The average Bonchev–Trinajstić information content (AvgIpc) is 2.87. The minimum absolute atomic E-state index is 0.477. The standard InChI is InChI=1S/C15H17NO/c1-11-15-12(6-8-16(11)2)4-3-5-14(15)13-7-9-17-10-13/h3-5,7,9-11H,6,8H2,1-2H3. The minimum Gasteiger partial charge on any atom is -0.472 e.